The molecule has 1 aromatic rings. The number of hydrogen-bond acceptors (Lipinski definition) is 3. The summed E-state index contributed by atoms with van der Waals surface area (Å²) in [5, 5.41) is 0.573. The van der Waals surface area contributed by atoms with Gasteiger partial charge in [0.1, 0.15) is 11.0 Å². The van der Waals surface area contributed by atoms with Crippen LogP contribution in [0, 0.1) is 0 Å². The molecule has 0 unspecified atom stereocenters. The molecule has 1 saturated heterocycles. The number of hydrogen-bond donors (Lipinski definition) is 0. The molecule has 0 spiro atoms. The topological polar surface area (TPSA) is 19.4 Å². The molecule has 1 fully saturated rings. The Bertz CT molecular complexity index is 346. The van der Waals surface area contributed by atoms with Crippen LogP contribution in [0.2, 0.25) is 5.15 Å². The number of aromatic nitrogens is 1. The van der Waals surface area contributed by atoms with E-state index in [1.807, 2.05) is 18.2 Å². The van der Waals surface area contributed by atoms with E-state index >= 15 is 0 Å². The van der Waals surface area contributed by atoms with Crippen molar-refractivity contribution in [2.75, 3.05) is 31.1 Å². The number of halogens is 1. The fraction of sp³-hybridized carbons (Fsp3) is 0.583. The SMILES string of the molecule is CC(C)N1CCN(c2cccc(Cl)n2)CC1. The van der Waals surface area contributed by atoms with E-state index in [0.717, 1.165) is 32.0 Å². The fourth-order valence-corrected chi connectivity index (χ4v) is 2.20. The van der Waals surface area contributed by atoms with E-state index in [4.69, 9.17) is 11.6 Å². The fourth-order valence-electron chi connectivity index (χ4n) is 2.04. The first-order valence-corrected chi connectivity index (χ1v) is 6.16. The number of anilines is 1. The number of rotatable bonds is 2. The molecule has 88 valence electrons. The highest BCUT2D eigenvalue weighted by Gasteiger charge is 2.19. The monoisotopic (exact) mass is 239 g/mol. The van der Waals surface area contributed by atoms with Crippen LogP contribution in [0.4, 0.5) is 5.82 Å². The summed E-state index contributed by atoms with van der Waals surface area (Å²) < 4.78 is 0. The van der Waals surface area contributed by atoms with E-state index in [0.29, 0.717) is 11.2 Å². The number of piperazine rings is 1. The van der Waals surface area contributed by atoms with Gasteiger partial charge in [-0.25, -0.2) is 4.98 Å². The molecule has 3 nitrogen and oxygen atoms in total. The molecule has 0 aromatic carbocycles. The van der Waals surface area contributed by atoms with Gasteiger partial charge in [-0.05, 0) is 26.0 Å². The van der Waals surface area contributed by atoms with E-state index in [-0.39, 0.29) is 0 Å². The number of pyridine rings is 1. The summed E-state index contributed by atoms with van der Waals surface area (Å²) in [6.45, 7) is 8.76. The first kappa shape index (κ1) is 11.7. The molecule has 0 amide bonds. The highest BCUT2D eigenvalue weighted by Crippen LogP contribution is 2.16. The first-order chi connectivity index (χ1) is 7.66. The molecule has 4 heteroatoms. The minimum Gasteiger partial charge on any atom is -0.354 e. The van der Waals surface area contributed by atoms with Crippen molar-refractivity contribution in [2.45, 2.75) is 19.9 Å². The Morgan fingerprint density at radius 1 is 1.19 bits per heavy atom. The molecule has 0 atom stereocenters. The molecule has 2 heterocycles. The van der Waals surface area contributed by atoms with Crippen LogP contribution in [-0.4, -0.2) is 42.1 Å². The van der Waals surface area contributed by atoms with Gasteiger partial charge in [-0.1, -0.05) is 17.7 Å². The molecule has 16 heavy (non-hydrogen) atoms. The van der Waals surface area contributed by atoms with E-state index in [1.54, 1.807) is 0 Å². The van der Waals surface area contributed by atoms with Crippen LogP contribution in [0.1, 0.15) is 13.8 Å². The van der Waals surface area contributed by atoms with Gasteiger partial charge in [0.05, 0.1) is 0 Å². The van der Waals surface area contributed by atoms with Crippen LogP contribution in [0.3, 0.4) is 0 Å². The molecule has 2 rings (SSSR count). The first-order valence-electron chi connectivity index (χ1n) is 5.78. The minimum atomic E-state index is 0.573. The predicted molar refractivity (Wildman–Crippen MR) is 68.2 cm³/mol. The Balaban J connectivity index is 1.99. The average Bonchev–Trinajstić information content (AvgIpc) is 2.29. The van der Waals surface area contributed by atoms with Gasteiger partial charge in [0.2, 0.25) is 0 Å². The molecular formula is C12H18ClN3. The maximum absolute atomic E-state index is 5.89. The Morgan fingerprint density at radius 2 is 1.88 bits per heavy atom. The van der Waals surface area contributed by atoms with Gasteiger partial charge in [0, 0.05) is 32.2 Å². The molecule has 1 aliphatic rings. The second-order valence-corrected chi connectivity index (χ2v) is 4.82. The van der Waals surface area contributed by atoms with Crippen molar-refractivity contribution in [3.63, 3.8) is 0 Å². The van der Waals surface area contributed by atoms with Crippen molar-refractivity contribution < 1.29 is 0 Å². The zero-order chi connectivity index (χ0) is 11.5. The molecule has 0 saturated carbocycles. The van der Waals surface area contributed by atoms with Crippen molar-refractivity contribution in [3.05, 3.63) is 23.4 Å². The van der Waals surface area contributed by atoms with E-state index < -0.39 is 0 Å². The lowest BCUT2D eigenvalue weighted by Gasteiger charge is -2.37. The Hall–Kier alpha value is -0.800. The summed E-state index contributed by atoms with van der Waals surface area (Å²) in [6.07, 6.45) is 0. The summed E-state index contributed by atoms with van der Waals surface area (Å²) in [6, 6.07) is 6.43. The van der Waals surface area contributed by atoms with Crippen LogP contribution in [0.25, 0.3) is 0 Å². The zero-order valence-electron chi connectivity index (χ0n) is 9.86. The molecular weight excluding hydrogens is 222 g/mol. The van der Waals surface area contributed by atoms with E-state index in [2.05, 4.69) is 28.6 Å². The molecule has 0 aliphatic carbocycles. The largest absolute Gasteiger partial charge is 0.354 e. The summed E-state index contributed by atoms with van der Waals surface area (Å²) in [4.78, 5) is 9.12. The standard InChI is InChI=1S/C12H18ClN3/c1-10(2)15-6-8-16(9-7-15)12-5-3-4-11(13)14-12/h3-5,10H,6-9H2,1-2H3. The van der Waals surface area contributed by atoms with Gasteiger partial charge in [-0.3, -0.25) is 4.90 Å². The van der Waals surface area contributed by atoms with Crippen LogP contribution in [-0.2, 0) is 0 Å². The second kappa shape index (κ2) is 5.02. The van der Waals surface area contributed by atoms with Gasteiger partial charge >= 0.3 is 0 Å². The van der Waals surface area contributed by atoms with Crippen molar-refractivity contribution in [3.8, 4) is 0 Å². The molecule has 0 radical (unpaired) electrons. The number of nitrogens with zero attached hydrogens (tertiary/aromatic N) is 3. The third-order valence-electron chi connectivity index (χ3n) is 3.07. The van der Waals surface area contributed by atoms with Gasteiger partial charge in [0.15, 0.2) is 0 Å². The van der Waals surface area contributed by atoms with Crippen molar-refractivity contribution in [1.82, 2.24) is 9.88 Å². The van der Waals surface area contributed by atoms with Crippen molar-refractivity contribution >= 4 is 17.4 Å². The summed E-state index contributed by atoms with van der Waals surface area (Å²) >= 11 is 5.89. The summed E-state index contributed by atoms with van der Waals surface area (Å²) in [5.41, 5.74) is 0. The third-order valence-corrected chi connectivity index (χ3v) is 3.28. The van der Waals surface area contributed by atoms with Crippen molar-refractivity contribution in [2.24, 2.45) is 0 Å². The normalized spacial score (nSPS) is 18.1. The van der Waals surface area contributed by atoms with Gasteiger partial charge in [-0.15, -0.1) is 0 Å². The maximum Gasteiger partial charge on any atom is 0.131 e. The van der Waals surface area contributed by atoms with Crippen LogP contribution in [0.5, 0.6) is 0 Å². The summed E-state index contributed by atoms with van der Waals surface area (Å²) in [5.74, 6) is 0.996. The molecule has 0 bridgehead atoms. The Kier molecular flexibility index (Phi) is 3.66. The minimum absolute atomic E-state index is 0.573. The molecule has 1 aromatic heterocycles. The second-order valence-electron chi connectivity index (χ2n) is 4.44. The highest BCUT2D eigenvalue weighted by atomic mass is 35.5. The van der Waals surface area contributed by atoms with E-state index in [1.165, 1.54) is 0 Å². The maximum atomic E-state index is 5.89. The van der Waals surface area contributed by atoms with Gasteiger partial charge in [0.25, 0.3) is 0 Å². The van der Waals surface area contributed by atoms with Crippen molar-refractivity contribution in [1.29, 1.82) is 0 Å². The quantitative estimate of drug-likeness (QED) is 0.739. The lowest BCUT2D eigenvalue weighted by atomic mass is 10.2. The third kappa shape index (κ3) is 2.66. The summed E-state index contributed by atoms with van der Waals surface area (Å²) in [7, 11) is 0. The average molecular weight is 240 g/mol. The zero-order valence-corrected chi connectivity index (χ0v) is 10.6. The molecule has 1 aliphatic heterocycles. The lowest BCUT2D eigenvalue weighted by molar-refractivity contribution is 0.209. The highest BCUT2D eigenvalue weighted by molar-refractivity contribution is 6.29. The van der Waals surface area contributed by atoms with Crippen LogP contribution in [0.15, 0.2) is 18.2 Å². The van der Waals surface area contributed by atoms with Crippen LogP contribution < -0.4 is 4.90 Å². The van der Waals surface area contributed by atoms with Gasteiger partial charge < -0.3 is 4.90 Å². The van der Waals surface area contributed by atoms with Gasteiger partial charge in [-0.2, -0.15) is 0 Å². The Morgan fingerprint density at radius 3 is 2.44 bits per heavy atom. The van der Waals surface area contributed by atoms with E-state index in [9.17, 15) is 0 Å². The Labute approximate surface area is 102 Å². The smallest absolute Gasteiger partial charge is 0.131 e. The molecule has 0 N–H and O–H groups in total. The predicted octanol–water partition coefficient (Wildman–Crippen LogP) is 2.27. The van der Waals surface area contributed by atoms with Crippen LogP contribution >= 0.6 is 11.6 Å². The lowest BCUT2D eigenvalue weighted by Crippen LogP contribution is -2.49.